The summed E-state index contributed by atoms with van der Waals surface area (Å²) in [4.78, 5) is 5.90. The van der Waals surface area contributed by atoms with Gasteiger partial charge in [0, 0.05) is 38.0 Å². The maximum Gasteiger partial charge on any atom is 0.249 e. The van der Waals surface area contributed by atoms with Crippen LogP contribution in [0.4, 0.5) is 13.9 Å². The molecule has 1 fully saturated rings. The van der Waals surface area contributed by atoms with Gasteiger partial charge in [-0.1, -0.05) is 23.8 Å². The van der Waals surface area contributed by atoms with Gasteiger partial charge >= 0.3 is 0 Å². The van der Waals surface area contributed by atoms with E-state index < -0.39 is 26.6 Å². The lowest BCUT2D eigenvalue weighted by atomic mass is 9.96. The summed E-state index contributed by atoms with van der Waals surface area (Å²) in [7, 11) is -4.24. The Hall–Kier alpha value is -2.36. The highest BCUT2D eigenvalue weighted by Crippen LogP contribution is 2.28. The van der Waals surface area contributed by atoms with E-state index in [2.05, 4.69) is 32.9 Å². The van der Waals surface area contributed by atoms with Gasteiger partial charge in [-0.15, -0.1) is 11.3 Å². The average Bonchev–Trinajstić information content (AvgIpc) is 3.19. The van der Waals surface area contributed by atoms with Gasteiger partial charge in [0.15, 0.2) is 10.0 Å². The third-order valence-corrected chi connectivity index (χ3v) is 8.66. The predicted octanol–water partition coefficient (Wildman–Crippen LogP) is 4.45. The number of hydrogen-bond acceptors (Lipinski definition) is 5. The minimum Gasteiger partial charge on any atom is -0.345 e. The van der Waals surface area contributed by atoms with Crippen molar-refractivity contribution < 1.29 is 17.2 Å². The van der Waals surface area contributed by atoms with Crippen LogP contribution in [0.1, 0.15) is 27.9 Å². The number of piperazine rings is 1. The number of sulfonamides is 1. The number of rotatable bonds is 5. The molecule has 4 rings (SSSR count). The van der Waals surface area contributed by atoms with Crippen LogP contribution in [0.5, 0.6) is 0 Å². The van der Waals surface area contributed by atoms with E-state index in [-0.39, 0.29) is 13.1 Å². The standard InChI is InChI=1S/C23H25F2N3O2S2/c1-15-11-16(2)19(17(3)12-15)13-18-14-31-23(26-18)27-7-9-28(10-8-27)32(29,30)22-20(24)5-4-6-21(22)25/h4-6,11-12,14H,7-10,13H2,1-3H3. The molecule has 1 aliphatic heterocycles. The summed E-state index contributed by atoms with van der Waals surface area (Å²) in [5.41, 5.74) is 5.98. The van der Waals surface area contributed by atoms with Gasteiger partial charge in [0.05, 0.1) is 5.69 Å². The number of hydrogen-bond donors (Lipinski definition) is 0. The summed E-state index contributed by atoms with van der Waals surface area (Å²) in [6.45, 7) is 7.41. The largest absolute Gasteiger partial charge is 0.345 e. The minimum absolute atomic E-state index is 0.140. The molecule has 1 aliphatic rings. The number of nitrogens with zero attached hydrogens (tertiary/aromatic N) is 3. The van der Waals surface area contributed by atoms with Crippen LogP contribution in [0.25, 0.3) is 0 Å². The molecule has 5 nitrogen and oxygen atoms in total. The first-order valence-electron chi connectivity index (χ1n) is 10.4. The van der Waals surface area contributed by atoms with E-state index in [1.54, 1.807) is 0 Å². The normalized spacial score (nSPS) is 15.3. The molecule has 0 aliphatic carbocycles. The van der Waals surface area contributed by atoms with E-state index in [1.807, 2.05) is 10.3 Å². The van der Waals surface area contributed by atoms with E-state index in [9.17, 15) is 17.2 Å². The van der Waals surface area contributed by atoms with Crippen LogP contribution in [0.2, 0.25) is 0 Å². The highest BCUT2D eigenvalue weighted by Gasteiger charge is 2.33. The molecule has 9 heteroatoms. The Balaban J connectivity index is 1.45. The molecule has 170 valence electrons. The van der Waals surface area contributed by atoms with E-state index in [1.165, 1.54) is 33.6 Å². The Kier molecular flexibility index (Phi) is 6.33. The molecular formula is C23H25F2N3O2S2. The zero-order valence-corrected chi connectivity index (χ0v) is 19.9. The number of anilines is 1. The highest BCUT2D eigenvalue weighted by molar-refractivity contribution is 7.89. The Morgan fingerprint density at radius 3 is 2.19 bits per heavy atom. The SMILES string of the molecule is Cc1cc(C)c(Cc2csc(N3CCN(S(=O)(=O)c4c(F)cccc4F)CC3)n2)c(C)c1. The molecule has 0 amide bonds. The molecule has 2 heterocycles. The summed E-state index contributed by atoms with van der Waals surface area (Å²) in [6, 6.07) is 7.42. The average molecular weight is 478 g/mol. The van der Waals surface area contributed by atoms with Crippen molar-refractivity contribution in [1.82, 2.24) is 9.29 Å². The summed E-state index contributed by atoms with van der Waals surface area (Å²) in [5, 5.41) is 2.86. The lowest BCUT2D eigenvalue weighted by Gasteiger charge is -2.33. The number of aryl methyl sites for hydroxylation is 3. The molecule has 0 spiro atoms. The number of thiazole rings is 1. The smallest absolute Gasteiger partial charge is 0.249 e. The first kappa shape index (κ1) is 22.8. The molecule has 1 saturated heterocycles. The van der Waals surface area contributed by atoms with Crippen molar-refractivity contribution in [2.75, 3.05) is 31.1 Å². The van der Waals surface area contributed by atoms with Gasteiger partial charge in [-0.25, -0.2) is 22.2 Å². The number of halogens is 2. The first-order valence-corrected chi connectivity index (χ1v) is 12.7. The van der Waals surface area contributed by atoms with Crippen molar-refractivity contribution in [2.45, 2.75) is 32.1 Å². The molecule has 32 heavy (non-hydrogen) atoms. The Bertz CT molecular complexity index is 1210. The quantitative estimate of drug-likeness (QED) is 0.545. The molecule has 0 N–H and O–H groups in total. The van der Waals surface area contributed by atoms with Crippen LogP contribution in [0.3, 0.4) is 0 Å². The maximum atomic E-state index is 14.0. The molecule has 0 bridgehead atoms. The van der Waals surface area contributed by atoms with Crippen molar-refractivity contribution in [2.24, 2.45) is 0 Å². The Morgan fingerprint density at radius 1 is 1.00 bits per heavy atom. The third kappa shape index (κ3) is 4.42. The Morgan fingerprint density at radius 2 is 1.59 bits per heavy atom. The van der Waals surface area contributed by atoms with Gasteiger partial charge in [0.2, 0.25) is 10.0 Å². The second kappa shape index (κ2) is 8.88. The lowest BCUT2D eigenvalue weighted by molar-refractivity contribution is 0.378. The van der Waals surface area contributed by atoms with Gasteiger partial charge in [0.25, 0.3) is 0 Å². The molecule has 0 saturated carbocycles. The highest BCUT2D eigenvalue weighted by atomic mass is 32.2. The minimum atomic E-state index is -4.24. The second-order valence-corrected chi connectivity index (χ2v) is 10.8. The van der Waals surface area contributed by atoms with Crippen molar-refractivity contribution in [3.05, 3.63) is 75.3 Å². The van der Waals surface area contributed by atoms with Crippen LogP contribution in [-0.4, -0.2) is 43.9 Å². The van der Waals surface area contributed by atoms with E-state index >= 15 is 0 Å². The fraction of sp³-hybridized carbons (Fsp3) is 0.348. The van der Waals surface area contributed by atoms with Gasteiger partial charge in [0.1, 0.15) is 11.6 Å². The summed E-state index contributed by atoms with van der Waals surface area (Å²) < 4.78 is 54.8. The van der Waals surface area contributed by atoms with Crippen molar-refractivity contribution in [3.63, 3.8) is 0 Å². The van der Waals surface area contributed by atoms with Crippen LogP contribution in [-0.2, 0) is 16.4 Å². The van der Waals surface area contributed by atoms with E-state index in [4.69, 9.17) is 4.98 Å². The molecule has 0 atom stereocenters. The van der Waals surface area contributed by atoms with Gasteiger partial charge < -0.3 is 4.90 Å². The molecule has 3 aromatic rings. The monoisotopic (exact) mass is 477 g/mol. The topological polar surface area (TPSA) is 53.5 Å². The number of aromatic nitrogens is 1. The lowest BCUT2D eigenvalue weighted by Crippen LogP contribution is -2.49. The summed E-state index contributed by atoms with van der Waals surface area (Å²) in [5.74, 6) is -2.14. The molecule has 1 aromatic heterocycles. The molecule has 0 radical (unpaired) electrons. The zero-order chi connectivity index (χ0) is 23.0. The van der Waals surface area contributed by atoms with Gasteiger partial charge in [-0.3, -0.25) is 0 Å². The van der Waals surface area contributed by atoms with Crippen molar-refractivity contribution in [1.29, 1.82) is 0 Å². The van der Waals surface area contributed by atoms with Crippen LogP contribution >= 0.6 is 11.3 Å². The van der Waals surface area contributed by atoms with Crippen molar-refractivity contribution in [3.8, 4) is 0 Å². The second-order valence-electron chi connectivity index (χ2n) is 8.12. The fourth-order valence-corrected chi connectivity index (χ4v) is 6.58. The fourth-order valence-electron chi connectivity index (χ4n) is 4.17. The predicted molar refractivity (Wildman–Crippen MR) is 123 cm³/mol. The first-order chi connectivity index (χ1) is 15.2. The molecule has 0 unspecified atom stereocenters. The van der Waals surface area contributed by atoms with E-state index in [0.29, 0.717) is 13.1 Å². The molecular weight excluding hydrogens is 452 g/mol. The maximum absolute atomic E-state index is 14.0. The van der Waals surface area contributed by atoms with Gasteiger partial charge in [-0.05, 0) is 49.6 Å². The third-order valence-electron chi connectivity index (χ3n) is 5.76. The van der Waals surface area contributed by atoms with Gasteiger partial charge in [-0.2, -0.15) is 4.31 Å². The van der Waals surface area contributed by atoms with Crippen LogP contribution < -0.4 is 4.90 Å². The van der Waals surface area contributed by atoms with Crippen LogP contribution in [0.15, 0.2) is 40.6 Å². The summed E-state index contributed by atoms with van der Waals surface area (Å²) in [6.07, 6.45) is 0.745. The number of benzene rings is 2. The Labute approximate surface area is 191 Å². The summed E-state index contributed by atoms with van der Waals surface area (Å²) >= 11 is 1.53. The zero-order valence-electron chi connectivity index (χ0n) is 18.2. The van der Waals surface area contributed by atoms with Crippen molar-refractivity contribution >= 4 is 26.5 Å². The van der Waals surface area contributed by atoms with Crippen LogP contribution in [0, 0.1) is 32.4 Å². The van der Waals surface area contributed by atoms with E-state index in [0.717, 1.165) is 39.8 Å². The molecule has 2 aromatic carbocycles.